The van der Waals surface area contributed by atoms with E-state index in [4.69, 9.17) is 10.5 Å². The maximum atomic E-state index is 12.6. The highest BCUT2D eigenvalue weighted by molar-refractivity contribution is 5.92. The van der Waals surface area contributed by atoms with Gasteiger partial charge in [-0.3, -0.25) is 19.3 Å². The Morgan fingerprint density at radius 2 is 1.89 bits per heavy atom. The van der Waals surface area contributed by atoms with Crippen LogP contribution in [0.25, 0.3) is 10.9 Å². The minimum atomic E-state index is -0.606. The second-order valence-corrected chi connectivity index (χ2v) is 11.1. The summed E-state index contributed by atoms with van der Waals surface area (Å²) in [5, 5.41) is 8.08. The highest BCUT2D eigenvalue weighted by Crippen LogP contribution is 2.45. The number of nitrogens with zero attached hydrogens (tertiary/aromatic N) is 3. The van der Waals surface area contributed by atoms with Crippen LogP contribution in [0.5, 0.6) is 11.5 Å². The summed E-state index contributed by atoms with van der Waals surface area (Å²) in [5.41, 5.74) is 9.17. The van der Waals surface area contributed by atoms with Gasteiger partial charge in [-0.1, -0.05) is 24.6 Å². The summed E-state index contributed by atoms with van der Waals surface area (Å²) in [5.74, 6) is 0.943. The fourth-order valence-electron chi connectivity index (χ4n) is 4.91. The SMILES string of the molecule is Cc1cc(CC(=O)Nc2cnn(C(C)(C)C)c2)ccc1Oc1ccnc2ccc(C3(C(N)=O)CCC3)cc12. The largest absolute Gasteiger partial charge is 0.456 e. The zero-order valence-corrected chi connectivity index (χ0v) is 22.2. The summed E-state index contributed by atoms with van der Waals surface area (Å²) in [6.45, 7) is 8.11. The van der Waals surface area contributed by atoms with Gasteiger partial charge in [-0.05, 0) is 81.5 Å². The molecule has 8 nitrogen and oxygen atoms in total. The maximum absolute atomic E-state index is 12.6. The number of primary amides is 1. The summed E-state index contributed by atoms with van der Waals surface area (Å²) in [6.07, 6.45) is 7.95. The van der Waals surface area contributed by atoms with Gasteiger partial charge in [0.25, 0.3) is 0 Å². The number of carbonyl (C=O) groups is 2. The normalized spacial score (nSPS) is 14.6. The molecule has 0 radical (unpaired) electrons. The Hall–Kier alpha value is -4.20. The number of hydrogen-bond donors (Lipinski definition) is 2. The number of benzene rings is 2. The average molecular weight is 512 g/mol. The second-order valence-electron chi connectivity index (χ2n) is 11.1. The number of nitrogens with two attached hydrogens (primary N) is 1. The summed E-state index contributed by atoms with van der Waals surface area (Å²) in [6, 6.07) is 13.4. The second kappa shape index (κ2) is 9.59. The smallest absolute Gasteiger partial charge is 0.228 e. The van der Waals surface area contributed by atoms with E-state index in [2.05, 4.69) is 36.2 Å². The van der Waals surface area contributed by atoms with Crippen LogP contribution < -0.4 is 15.8 Å². The number of rotatable bonds is 7. The van der Waals surface area contributed by atoms with Crippen LogP contribution in [-0.4, -0.2) is 26.6 Å². The Labute approximate surface area is 222 Å². The molecule has 4 aromatic rings. The van der Waals surface area contributed by atoms with Gasteiger partial charge in [-0.15, -0.1) is 0 Å². The molecule has 38 heavy (non-hydrogen) atoms. The lowest BCUT2D eigenvalue weighted by atomic mass is 9.64. The van der Waals surface area contributed by atoms with Gasteiger partial charge in [0.1, 0.15) is 11.5 Å². The summed E-state index contributed by atoms with van der Waals surface area (Å²) < 4.78 is 8.15. The van der Waals surface area contributed by atoms with Crippen LogP contribution in [0.4, 0.5) is 5.69 Å². The van der Waals surface area contributed by atoms with Crippen molar-refractivity contribution in [3.05, 3.63) is 77.7 Å². The third-order valence-electron chi connectivity index (χ3n) is 7.31. The molecule has 5 rings (SSSR count). The van der Waals surface area contributed by atoms with Gasteiger partial charge in [-0.25, -0.2) is 0 Å². The Morgan fingerprint density at radius 3 is 2.53 bits per heavy atom. The van der Waals surface area contributed by atoms with E-state index in [0.29, 0.717) is 17.2 Å². The monoisotopic (exact) mass is 511 g/mol. The molecule has 3 N–H and O–H groups in total. The van der Waals surface area contributed by atoms with Gasteiger partial charge >= 0.3 is 0 Å². The molecule has 1 fully saturated rings. The van der Waals surface area contributed by atoms with Crippen molar-refractivity contribution >= 4 is 28.4 Å². The fraction of sp³-hybridized carbons (Fsp3) is 0.333. The molecule has 0 unspecified atom stereocenters. The van der Waals surface area contributed by atoms with Crippen molar-refractivity contribution in [3.63, 3.8) is 0 Å². The van der Waals surface area contributed by atoms with Gasteiger partial charge in [0.2, 0.25) is 11.8 Å². The highest BCUT2D eigenvalue weighted by Gasteiger charge is 2.44. The zero-order valence-electron chi connectivity index (χ0n) is 22.2. The van der Waals surface area contributed by atoms with Crippen LogP contribution >= 0.6 is 0 Å². The first-order chi connectivity index (χ1) is 18.0. The molecule has 2 amide bonds. The van der Waals surface area contributed by atoms with Crippen molar-refractivity contribution in [1.82, 2.24) is 14.8 Å². The molecule has 1 aliphatic carbocycles. The predicted molar refractivity (Wildman–Crippen MR) is 147 cm³/mol. The van der Waals surface area contributed by atoms with Crippen molar-refractivity contribution < 1.29 is 14.3 Å². The molecule has 1 aliphatic rings. The van der Waals surface area contributed by atoms with Crippen LogP contribution in [0.1, 0.15) is 56.7 Å². The zero-order chi connectivity index (χ0) is 27.1. The van der Waals surface area contributed by atoms with Gasteiger partial charge in [0.05, 0.1) is 34.8 Å². The van der Waals surface area contributed by atoms with Crippen LogP contribution in [0, 0.1) is 6.92 Å². The van der Waals surface area contributed by atoms with Crippen LogP contribution in [0.15, 0.2) is 61.1 Å². The molecule has 0 atom stereocenters. The highest BCUT2D eigenvalue weighted by atomic mass is 16.5. The standard InChI is InChI=1S/C30H33N5O3/c1-19-14-20(15-27(36)34-22-17-33-35(18-22)29(2,3)4)6-9-25(19)38-26-10-13-32-24-8-7-21(16-23(24)26)30(28(31)37)11-5-12-30/h6-10,13-14,16-18H,5,11-12,15H2,1-4H3,(H2,31,37)(H,34,36). The van der Waals surface area contributed by atoms with E-state index in [1.165, 1.54) is 0 Å². The number of ether oxygens (including phenoxy) is 1. The Kier molecular flexibility index (Phi) is 6.42. The van der Waals surface area contributed by atoms with E-state index in [0.717, 1.165) is 46.9 Å². The number of pyridine rings is 1. The molecule has 1 saturated carbocycles. The van der Waals surface area contributed by atoms with Crippen molar-refractivity contribution in [2.45, 2.75) is 64.3 Å². The van der Waals surface area contributed by atoms with Gasteiger partial charge in [0.15, 0.2) is 0 Å². The maximum Gasteiger partial charge on any atom is 0.228 e. The molecule has 0 bridgehead atoms. The Morgan fingerprint density at radius 1 is 1.11 bits per heavy atom. The van der Waals surface area contributed by atoms with Gasteiger partial charge in [0, 0.05) is 17.8 Å². The van der Waals surface area contributed by atoms with E-state index < -0.39 is 5.41 Å². The van der Waals surface area contributed by atoms with Crippen LogP contribution in [-0.2, 0) is 27.0 Å². The first-order valence-electron chi connectivity index (χ1n) is 12.9. The lowest BCUT2D eigenvalue weighted by molar-refractivity contribution is -0.126. The topological polar surface area (TPSA) is 112 Å². The lowest BCUT2D eigenvalue weighted by Gasteiger charge is -2.39. The first-order valence-corrected chi connectivity index (χ1v) is 12.9. The first kappa shape index (κ1) is 25.4. The number of fused-ring (bicyclic) bond motifs is 1. The number of aromatic nitrogens is 3. The van der Waals surface area contributed by atoms with Crippen LogP contribution in [0.3, 0.4) is 0 Å². The summed E-state index contributed by atoms with van der Waals surface area (Å²) >= 11 is 0. The number of hydrogen-bond acceptors (Lipinski definition) is 5. The van der Waals surface area contributed by atoms with Gasteiger partial charge < -0.3 is 15.8 Å². The third kappa shape index (κ3) is 4.86. The Bertz CT molecular complexity index is 1530. The van der Waals surface area contributed by atoms with Crippen molar-refractivity contribution in [2.75, 3.05) is 5.32 Å². The Balaban J connectivity index is 1.33. The van der Waals surface area contributed by atoms with Crippen LogP contribution in [0.2, 0.25) is 0 Å². The number of carbonyl (C=O) groups excluding carboxylic acids is 2. The summed E-state index contributed by atoms with van der Waals surface area (Å²) in [7, 11) is 0. The minimum Gasteiger partial charge on any atom is -0.456 e. The molecule has 2 heterocycles. The van der Waals surface area contributed by atoms with E-state index in [1.807, 2.05) is 60.3 Å². The fourth-order valence-corrected chi connectivity index (χ4v) is 4.91. The molecule has 0 saturated heterocycles. The molecule has 0 aliphatic heterocycles. The number of nitrogens with one attached hydrogen (secondary N) is 1. The van der Waals surface area contributed by atoms with E-state index in [9.17, 15) is 9.59 Å². The molecule has 196 valence electrons. The van der Waals surface area contributed by atoms with Crippen molar-refractivity contribution in [1.29, 1.82) is 0 Å². The molecular formula is C30H33N5O3. The molecular weight excluding hydrogens is 478 g/mol. The lowest BCUT2D eigenvalue weighted by Crippen LogP contribution is -2.46. The number of amides is 2. The molecule has 8 heteroatoms. The number of anilines is 1. The molecule has 2 aromatic carbocycles. The van der Waals surface area contributed by atoms with E-state index in [-0.39, 0.29) is 23.8 Å². The van der Waals surface area contributed by atoms with E-state index in [1.54, 1.807) is 12.4 Å². The van der Waals surface area contributed by atoms with Crippen molar-refractivity contribution in [3.8, 4) is 11.5 Å². The quantitative estimate of drug-likeness (QED) is 0.346. The minimum absolute atomic E-state index is 0.112. The number of aryl methyl sites for hydroxylation is 1. The van der Waals surface area contributed by atoms with Crippen molar-refractivity contribution in [2.24, 2.45) is 5.73 Å². The average Bonchev–Trinajstić information content (AvgIpc) is 3.29. The molecule has 2 aromatic heterocycles. The van der Waals surface area contributed by atoms with E-state index >= 15 is 0 Å². The molecule has 0 spiro atoms. The predicted octanol–water partition coefficient (Wildman–Crippen LogP) is 5.38. The third-order valence-corrected chi connectivity index (χ3v) is 7.31. The van der Waals surface area contributed by atoms with Gasteiger partial charge in [-0.2, -0.15) is 5.10 Å². The summed E-state index contributed by atoms with van der Waals surface area (Å²) in [4.78, 5) is 29.4.